The number of allylic oxidation sites excluding steroid dienone is 2. The SMILES string of the molecule is CC(C)C[CH]C(=O)NC1CCCN(S(=O)(=O)C2=CC=CN3ONC=C23)CC1=O. The van der Waals surface area contributed by atoms with Gasteiger partial charge >= 0.3 is 0 Å². The average Bonchev–Trinajstić information content (AvgIpc) is 3.05. The van der Waals surface area contributed by atoms with Crippen molar-refractivity contribution < 1.29 is 22.9 Å². The van der Waals surface area contributed by atoms with Gasteiger partial charge in [0.05, 0.1) is 18.8 Å². The van der Waals surface area contributed by atoms with Gasteiger partial charge in [0, 0.05) is 19.2 Å². The van der Waals surface area contributed by atoms with Crippen molar-refractivity contribution in [3.05, 3.63) is 41.6 Å². The number of nitrogens with one attached hydrogen (secondary N) is 2. The maximum atomic E-state index is 13.1. The minimum absolute atomic E-state index is 0.0561. The van der Waals surface area contributed by atoms with Gasteiger partial charge in [-0.05, 0) is 37.3 Å². The smallest absolute Gasteiger partial charge is 0.245 e. The van der Waals surface area contributed by atoms with E-state index in [0.29, 0.717) is 30.9 Å². The lowest BCUT2D eigenvalue weighted by molar-refractivity contribution is -0.126. The summed E-state index contributed by atoms with van der Waals surface area (Å²) in [6.45, 7) is 3.93. The molecular weight excluding hydrogens is 384 g/mol. The number of ketones is 1. The van der Waals surface area contributed by atoms with E-state index in [1.807, 2.05) is 13.8 Å². The number of hydroxylamine groups is 3. The second-order valence-electron chi connectivity index (χ2n) is 7.28. The monoisotopic (exact) mass is 409 g/mol. The molecule has 1 fully saturated rings. The highest BCUT2D eigenvalue weighted by atomic mass is 32.2. The number of hydrogen-bond donors (Lipinski definition) is 2. The van der Waals surface area contributed by atoms with E-state index in [-0.39, 0.29) is 29.7 Å². The molecule has 0 aliphatic carbocycles. The molecule has 0 spiro atoms. The first-order chi connectivity index (χ1) is 13.3. The second-order valence-corrected chi connectivity index (χ2v) is 9.19. The Balaban J connectivity index is 1.68. The Morgan fingerprint density at radius 1 is 1.46 bits per heavy atom. The fraction of sp³-hybridized carbons (Fsp3) is 0.500. The third-order valence-electron chi connectivity index (χ3n) is 4.64. The highest BCUT2D eigenvalue weighted by Crippen LogP contribution is 2.30. The van der Waals surface area contributed by atoms with Crippen molar-refractivity contribution in [1.82, 2.24) is 20.2 Å². The number of sulfonamides is 1. The zero-order valence-corrected chi connectivity index (χ0v) is 16.7. The van der Waals surface area contributed by atoms with Crippen molar-refractivity contribution in [2.45, 2.75) is 39.2 Å². The van der Waals surface area contributed by atoms with Crippen LogP contribution in [0.15, 0.2) is 35.2 Å². The minimum Gasteiger partial charge on any atom is -0.346 e. The molecule has 1 radical (unpaired) electrons. The van der Waals surface area contributed by atoms with Gasteiger partial charge in [-0.2, -0.15) is 9.24 Å². The number of Topliss-reactive ketones (excluding diaryl/α,β-unsaturated/α-hetero) is 1. The van der Waals surface area contributed by atoms with Gasteiger partial charge in [-0.15, -0.1) is 0 Å². The van der Waals surface area contributed by atoms with Crippen LogP contribution < -0.4 is 10.8 Å². The van der Waals surface area contributed by atoms with Crippen LogP contribution in [0.2, 0.25) is 0 Å². The quantitative estimate of drug-likeness (QED) is 0.665. The number of fused-ring (bicyclic) bond motifs is 1. The summed E-state index contributed by atoms with van der Waals surface area (Å²) >= 11 is 0. The fourth-order valence-corrected chi connectivity index (χ4v) is 4.73. The van der Waals surface area contributed by atoms with Crippen LogP contribution >= 0.6 is 0 Å². The molecule has 0 saturated carbocycles. The Morgan fingerprint density at radius 3 is 3.00 bits per heavy atom. The number of nitrogens with zero attached hydrogens (tertiary/aromatic N) is 2. The average molecular weight is 409 g/mol. The molecule has 3 aliphatic rings. The molecule has 153 valence electrons. The third kappa shape index (κ3) is 4.45. The molecule has 28 heavy (non-hydrogen) atoms. The van der Waals surface area contributed by atoms with Crippen LogP contribution in [0.1, 0.15) is 33.1 Å². The number of hydrogen-bond acceptors (Lipinski definition) is 7. The Kier molecular flexibility index (Phi) is 6.21. The Hall–Kier alpha value is -2.17. The van der Waals surface area contributed by atoms with Gasteiger partial charge < -0.3 is 5.32 Å². The van der Waals surface area contributed by atoms with Gasteiger partial charge in [0.25, 0.3) is 0 Å². The summed E-state index contributed by atoms with van der Waals surface area (Å²) in [4.78, 5) is 29.8. The first-order valence-electron chi connectivity index (χ1n) is 9.26. The normalized spacial score (nSPS) is 23.0. The minimum atomic E-state index is -3.90. The van der Waals surface area contributed by atoms with E-state index in [1.54, 1.807) is 12.3 Å². The Labute approximate surface area is 165 Å². The lowest BCUT2D eigenvalue weighted by Crippen LogP contribution is -2.44. The summed E-state index contributed by atoms with van der Waals surface area (Å²) in [5.41, 5.74) is 2.86. The fourth-order valence-electron chi connectivity index (χ4n) is 3.12. The summed E-state index contributed by atoms with van der Waals surface area (Å²) in [5.74, 6) is -0.263. The number of rotatable bonds is 6. The van der Waals surface area contributed by atoms with Crippen molar-refractivity contribution in [2.24, 2.45) is 5.92 Å². The maximum Gasteiger partial charge on any atom is 0.245 e. The van der Waals surface area contributed by atoms with Gasteiger partial charge in [0.1, 0.15) is 10.6 Å². The topological polar surface area (TPSA) is 108 Å². The second kappa shape index (κ2) is 8.46. The van der Waals surface area contributed by atoms with E-state index in [9.17, 15) is 18.0 Å². The number of amides is 1. The lowest BCUT2D eigenvalue weighted by Gasteiger charge is -2.25. The molecule has 0 aromatic rings. The van der Waals surface area contributed by atoms with Gasteiger partial charge in [-0.25, -0.2) is 19.0 Å². The van der Waals surface area contributed by atoms with Gasteiger partial charge in [0.2, 0.25) is 15.9 Å². The zero-order chi connectivity index (χ0) is 20.3. The summed E-state index contributed by atoms with van der Waals surface area (Å²) in [6, 6.07) is -0.677. The number of carbonyl (C=O) groups excluding carboxylic acids is 2. The Morgan fingerprint density at radius 2 is 2.25 bits per heavy atom. The first-order valence-corrected chi connectivity index (χ1v) is 10.7. The van der Waals surface area contributed by atoms with Gasteiger partial charge in [0.15, 0.2) is 5.78 Å². The van der Waals surface area contributed by atoms with Crippen molar-refractivity contribution in [3.63, 3.8) is 0 Å². The summed E-state index contributed by atoms with van der Waals surface area (Å²) in [7, 11) is -3.90. The third-order valence-corrected chi connectivity index (χ3v) is 6.53. The molecule has 3 aliphatic heterocycles. The standard InChI is InChI=1S/C18H25N4O5S/c1-13(2)7-8-18(24)20-14-5-3-9-21(12-16(14)23)28(25,26)17-6-4-10-22-15(17)11-19-27-22/h4,6,8,10-11,13-14,19H,3,5,7,9,12H2,1-2H3,(H,20,24). The van der Waals surface area contributed by atoms with E-state index in [0.717, 1.165) is 0 Å². The van der Waals surface area contributed by atoms with Gasteiger partial charge in [-0.1, -0.05) is 13.8 Å². The summed E-state index contributed by atoms with van der Waals surface area (Å²) < 4.78 is 27.4. The zero-order valence-electron chi connectivity index (χ0n) is 15.9. The lowest BCUT2D eigenvalue weighted by atomic mass is 10.1. The summed E-state index contributed by atoms with van der Waals surface area (Å²) in [6.07, 6.45) is 9.10. The van der Waals surface area contributed by atoms with E-state index in [1.165, 1.54) is 28.1 Å². The van der Waals surface area contributed by atoms with Crippen LogP contribution in [-0.4, -0.2) is 48.6 Å². The molecule has 10 heteroatoms. The molecule has 0 bridgehead atoms. The number of carbonyl (C=O) groups is 2. The highest BCUT2D eigenvalue weighted by Gasteiger charge is 2.37. The van der Waals surface area contributed by atoms with Crippen molar-refractivity contribution in [2.75, 3.05) is 13.1 Å². The molecule has 0 aromatic carbocycles. The first kappa shape index (κ1) is 20.6. The summed E-state index contributed by atoms with van der Waals surface area (Å²) in [5, 5.41) is 4.02. The predicted molar refractivity (Wildman–Crippen MR) is 102 cm³/mol. The van der Waals surface area contributed by atoms with Crippen molar-refractivity contribution >= 4 is 21.7 Å². The van der Waals surface area contributed by atoms with Crippen molar-refractivity contribution in [1.29, 1.82) is 0 Å². The molecule has 1 saturated heterocycles. The van der Waals surface area contributed by atoms with E-state index >= 15 is 0 Å². The molecule has 9 nitrogen and oxygen atoms in total. The van der Waals surface area contributed by atoms with E-state index in [2.05, 4.69) is 10.8 Å². The molecule has 3 heterocycles. The molecule has 3 rings (SSSR count). The highest BCUT2D eigenvalue weighted by molar-refractivity contribution is 7.93. The van der Waals surface area contributed by atoms with Crippen LogP contribution in [-0.2, 0) is 24.6 Å². The predicted octanol–water partition coefficient (Wildman–Crippen LogP) is 0.721. The van der Waals surface area contributed by atoms with Crippen LogP contribution in [0, 0.1) is 12.3 Å². The molecule has 1 amide bonds. The molecule has 1 atom stereocenters. The molecule has 1 unspecified atom stereocenters. The van der Waals surface area contributed by atoms with E-state index in [4.69, 9.17) is 4.94 Å². The molecular formula is C18H25N4O5S. The van der Waals surface area contributed by atoms with E-state index < -0.39 is 16.1 Å². The van der Waals surface area contributed by atoms with Crippen molar-refractivity contribution in [3.8, 4) is 0 Å². The largest absolute Gasteiger partial charge is 0.346 e. The maximum absolute atomic E-state index is 13.1. The van der Waals surface area contributed by atoms with Crippen LogP contribution in [0.4, 0.5) is 0 Å². The van der Waals surface area contributed by atoms with Crippen LogP contribution in [0.5, 0.6) is 0 Å². The van der Waals surface area contributed by atoms with Crippen LogP contribution in [0.25, 0.3) is 0 Å². The van der Waals surface area contributed by atoms with Crippen LogP contribution in [0.3, 0.4) is 0 Å². The Bertz CT molecular complexity index is 831. The van der Waals surface area contributed by atoms with Gasteiger partial charge in [-0.3, -0.25) is 9.59 Å². The molecule has 0 aromatic heterocycles. The molecule has 2 N–H and O–H groups in total.